The number of hydrogen-bond donors (Lipinski definition) is 2. The van der Waals surface area contributed by atoms with Crippen LogP contribution >= 0.6 is 0 Å². The molecule has 2 aromatic rings. The fourth-order valence-electron chi connectivity index (χ4n) is 2.88. The SMILES string of the molecule is CCC(=Nc1cc(C)c(Cc2cccc(C(F)(F)F)c2)cc1C[SH](=O)=O)NC. The number of hydrogen-bond acceptors (Lipinski definition) is 3. The lowest BCUT2D eigenvalue weighted by Crippen LogP contribution is -2.16. The quantitative estimate of drug-likeness (QED) is 0.421. The summed E-state index contributed by atoms with van der Waals surface area (Å²) in [5.41, 5.74) is 2.50. The van der Waals surface area contributed by atoms with Gasteiger partial charge in [-0.3, -0.25) is 0 Å². The van der Waals surface area contributed by atoms with Crippen LogP contribution in [0.4, 0.5) is 18.9 Å². The van der Waals surface area contributed by atoms with Gasteiger partial charge in [-0.05, 0) is 47.7 Å². The normalized spacial score (nSPS) is 12.5. The molecule has 0 atom stereocenters. The second-order valence-corrected chi connectivity index (χ2v) is 7.42. The average molecular weight is 412 g/mol. The number of benzene rings is 2. The molecule has 2 aromatic carbocycles. The van der Waals surface area contributed by atoms with Crippen molar-refractivity contribution >= 4 is 22.2 Å². The highest BCUT2D eigenvalue weighted by Crippen LogP contribution is 2.31. The summed E-state index contributed by atoms with van der Waals surface area (Å²) >= 11 is 0. The lowest BCUT2D eigenvalue weighted by Gasteiger charge is -2.13. The molecular formula is C20H23F3N2O2S. The smallest absolute Gasteiger partial charge is 0.377 e. The summed E-state index contributed by atoms with van der Waals surface area (Å²) in [4.78, 5) is 4.49. The molecule has 0 saturated carbocycles. The first-order valence-electron chi connectivity index (χ1n) is 8.79. The molecule has 28 heavy (non-hydrogen) atoms. The summed E-state index contributed by atoms with van der Waals surface area (Å²) in [6, 6.07) is 8.67. The Hall–Kier alpha value is -2.35. The molecule has 0 radical (unpaired) electrons. The number of nitrogens with zero attached hydrogens (tertiary/aromatic N) is 1. The van der Waals surface area contributed by atoms with Crippen LogP contribution in [-0.2, 0) is 29.1 Å². The Morgan fingerprint density at radius 3 is 2.43 bits per heavy atom. The summed E-state index contributed by atoms with van der Waals surface area (Å²) in [6.45, 7) is 3.77. The third kappa shape index (κ3) is 5.82. The van der Waals surface area contributed by atoms with Crippen molar-refractivity contribution in [2.75, 3.05) is 7.05 Å². The molecule has 0 aromatic heterocycles. The zero-order valence-electron chi connectivity index (χ0n) is 15.9. The maximum absolute atomic E-state index is 12.9. The standard InChI is InChI=1S/C20H23F3N2O2S/c1-4-19(24-3)25-18-8-13(2)15(11-16(18)12-28(26)27)9-14-6-5-7-17(10-14)20(21,22)23/h5-8,10-11,28H,4,9,12H2,1-3H3,(H,24,25). The highest BCUT2D eigenvalue weighted by atomic mass is 32.2. The minimum absolute atomic E-state index is 0.176. The molecule has 2 rings (SSSR count). The lowest BCUT2D eigenvalue weighted by atomic mass is 9.96. The minimum atomic E-state index is -4.40. The van der Waals surface area contributed by atoms with E-state index >= 15 is 0 Å². The molecule has 0 heterocycles. The maximum Gasteiger partial charge on any atom is 0.416 e. The van der Waals surface area contributed by atoms with Crippen molar-refractivity contribution < 1.29 is 21.6 Å². The summed E-state index contributed by atoms with van der Waals surface area (Å²) in [7, 11) is -0.926. The van der Waals surface area contributed by atoms with Crippen molar-refractivity contribution in [2.24, 2.45) is 4.99 Å². The lowest BCUT2D eigenvalue weighted by molar-refractivity contribution is -0.137. The first-order valence-corrected chi connectivity index (χ1v) is 10.2. The van der Waals surface area contributed by atoms with E-state index in [0.717, 1.165) is 23.3 Å². The number of alkyl halides is 3. The van der Waals surface area contributed by atoms with Gasteiger partial charge in [-0.25, -0.2) is 13.4 Å². The van der Waals surface area contributed by atoms with Crippen LogP contribution in [-0.4, -0.2) is 21.3 Å². The van der Waals surface area contributed by atoms with Gasteiger partial charge < -0.3 is 5.32 Å². The van der Waals surface area contributed by atoms with Crippen molar-refractivity contribution in [1.82, 2.24) is 5.32 Å². The summed E-state index contributed by atoms with van der Waals surface area (Å²) < 4.78 is 61.4. The van der Waals surface area contributed by atoms with E-state index in [1.807, 2.05) is 13.8 Å². The molecule has 0 unspecified atom stereocenters. The Morgan fingerprint density at radius 2 is 1.86 bits per heavy atom. The first-order chi connectivity index (χ1) is 13.1. The fourth-order valence-corrected chi connectivity index (χ4v) is 3.41. The number of rotatable bonds is 6. The monoisotopic (exact) mass is 412 g/mol. The molecule has 0 bridgehead atoms. The fraction of sp³-hybridized carbons (Fsp3) is 0.350. The first kappa shape index (κ1) is 21.9. The maximum atomic E-state index is 12.9. The highest BCUT2D eigenvalue weighted by molar-refractivity contribution is 7.71. The largest absolute Gasteiger partial charge is 0.416 e. The molecule has 8 heteroatoms. The molecule has 0 saturated heterocycles. The van der Waals surface area contributed by atoms with Gasteiger partial charge in [0, 0.05) is 13.5 Å². The van der Waals surface area contributed by atoms with Crippen LogP contribution in [0, 0.1) is 6.92 Å². The number of nitrogens with one attached hydrogen (secondary N) is 1. The van der Waals surface area contributed by atoms with Crippen LogP contribution < -0.4 is 5.32 Å². The summed E-state index contributed by atoms with van der Waals surface area (Å²) in [5.74, 6) is 0.539. The molecule has 0 aliphatic heterocycles. The van der Waals surface area contributed by atoms with E-state index < -0.39 is 22.4 Å². The molecule has 1 N–H and O–H groups in total. The molecule has 152 valence electrons. The van der Waals surface area contributed by atoms with Gasteiger partial charge in [-0.2, -0.15) is 13.2 Å². The summed E-state index contributed by atoms with van der Waals surface area (Å²) in [6.07, 6.45) is -3.47. The van der Waals surface area contributed by atoms with E-state index in [4.69, 9.17) is 0 Å². The summed E-state index contributed by atoms with van der Waals surface area (Å²) in [5, 5.41) is 2.97. The van der Waals surface area contributed by atoms with Gasteiger partial charge in [0.05, 0.1) is 17.0 Å². The number of halogens is 3. The second kappa shape index (κ2) is 9.23. The third-order valence-corrected chi connectivity index (χ3v) is 4.96. The second-order valence-electron chi connectivity index (χ2n) is 6.44. The molecule has 4 nitrogen and oxygen atoms in total. The average Bonchev–Trinajstić information content (AvgIpc) is 2.62. The number of aliphatic imine (C=N–C) groups is 1. The van der Waals surface area contributed by atoms with Crippen LogP contribution in [0.3, 0.4) is 0 Å². The van der Waals surface area contributed by atoms with Crippen molar-refractivity contribution in [3.05, 3.63) is 64.2 Å². The van der Waals surface area contributed by atoms with E-state index in [1.54, 1.807) is 25.2 Å². The van der Waals surface area contributed by atoms with Crippen molar-refractivity contribution in [3.8, 4) is 0 Å². The highest BCUT2D eigenvalue weighted by Gasteiger charge is 2.30. The van der Waals surface area contributed by atoms with Crippen LogP contribution in [0.5, 0.6) is 0 Å². The van der Waals surface area contributed by atoms with Crippen LogP contribution in [0.2, 0.25) is 0 Å². The zero-order chi connectivity index (χ0) is 20.9. The Labute approximate surface area is 164 Å². The van der Waals surface area contributed by atoms with E-state index in [1.165, 1.54) is 6.07 Å². The van der Waals surface area contributed by atoms with Gasteiger partial charge in [0.15, 0.2) is 0 Å². The number of thiol groups is 1. The van der Waals surface area contributed by atoms with Crippen LogP contribution in [0.1, 0.15) is 41.2 Å². The molecular weight excluding hydrogens is 389 g/mol. The molecule has 0 amide bonds. The number of amidine groups is 1. The third-order valence-electron chi connectivity index (χ3n) is 4.36. The topological polar surface area (TPSA) is 58.5 Å². The predicted octanol–water partition coefficient (Wildman–Crippen LogP) is 4.38. The Bertz CT molecular complexity index is 937. The van der Waals surface area contributed by atoms with E-state index in [9.17, 15) is 21.6 Å². The van der Waals surface area contributed by atoms with E-state index in [-0.39, 0.29) is 12.2 Å². The number of aryl methyl sites for hydroxylation is 1. The Morgan fingerprint density at radius 1 is 1.14 bits per heavy atom. The van der Waals surface area contributed by atoms with Crippen LogP contribution in [0.25, 0.3) is 0 Å². The molecule has 0 aliphatic carbocycles. The van der Waals surface area contributed by atoms with Crippen molar-refractivity contribution in [2.45, 2.75) is 38.6 Å². The van der Waals surface area contributed by atoms with Gasteiger partial charge in [0.1, 0.15) is 16.5 Å². The Kier molecular flexibility index (Phi) is 7.23. The van der Waals surface area contributed by atoms with Crippen LogP contribution in [0.15, 0.2) is 41.4 Å². The molecule has 0 fully saturated rings. The van der Waals surface area contributed by atoms with Gasteiger partial charge in [-0.15, -0.1) is 0 Å². The Balaban J connectivity index is 2.47. The molecule has 0 aliphatic rings. The van der Waals surface area contributed by atoms with Crippen molar-refractivity contribution in [1.29, 1.82) is 0 Å². The minimum Gasteiger partial charge on any atom is -0.377 e. The van der Waals surface area contributed by atoms with Gasteiger partial charge in [0.2, 0.25) is 0 Å². The zero-order valence-corrected chi connectivity index (χ0v) is 16.8. The van der Waals surface area contributed by atoms with Gasteiger partial charge in [-0.1, -0.05) is 31.2 Å². The van der Waals surface area contributed by atoms with Gasteiger partial charge in [0.25, 0.3) is 0 Å². The molecule has 0 spiro atoms. The van der Waals surface area contributed by atoms with Crippen molar-refractivity contribution in [3.63, 3.8) is 0 Å². The predicted molar refractivity (Wildman–Crippen MR) is 106 cm³/mol. The van der Waals surface area contributed by atoms with Gasteiger partial charge >= 0.3 is 6.18 Å². The van der Waals surface area contributed by atoms with E-state index in [2.05, 4.69) is 10.3 Å². The van der Waals surface area contributed by atoms with E-state index in [0.29, 0.717) is 29.1 Å².